The van der Waals surface area contributed by atoms with Crippen molar-refractivity contribution < 1.29 is 0 Å². The van der Waals surface area contributed by atoms with Gasteiger partial charge < -0.3 is 5.32 Å². The molecule has 0 radical (unpaired) electrons. The number of rotatable bonds is 4. The predicted octanol–water partition coefficient (Wildman–Crippen LogP) is 4.95. The van der Waals surface area contributed by atoms with Crippen LogP contribution in [0, 0.1) is 23.2 Å². The van der Waals surface area contributed by atoms with E-state index in [2.05, 4.69) is 34.2 Å². The van der Waals surface area contributed by atoms with E-state index in [1.165, 1.54) is 32.1 Å². The zero-order chi connectivity index (χ0) is 13.7. The van der Waals surface area contributed by atoms with E-state index in [0.29, 0.717) is 5.56 Å². The Morgan fingerprint density at radius 3 is 2.95 bits per heavy atom. The molecule has 2 atom stereocenters. The lowest BCUT2D eigenvalue weighted by Gasteiger charge is -2.26. The molecule has 0 heterocycles. The number of nitrogens with zero attached hydrogens (tertiary/aromatic N) is 1. The molecule has 3 heteroatoms. The molecule has 0 bridgehead atoms. The van der Waals surface area contributed by atoms with E-state index in [0.717, 1.165) is 28.5 Å². The fourth-order valence-electron chi connectivity index (χ4n) is 3.00. The lowest BCUT2D eigenvalue weighted by atomic mass is 9.81. The second-order valence-corrected chi connectivity index (χ2v) is 6.61. The minimum atomic E-state index is 0.697. The van der Waals surface area contributed by atoms with Crippen LogP contribution >= 0.6 is 15.9 Å². The highest BCUT2D eigenvalue weighted by Crippen LogP contribution is 2.30. The third-order valence-electron chi connectivity index (χ3n) is 3.95. The lowest BCUT2D eigenvalue weighted by Crippen LogP contribution is -2.16. The summed E-state index contributed by atoms with van der Waals surface area (Å²) < 4.78 is 0.959. The summed E-state index contributed by atoms with van der Waals surface area (Å²) in [7, 11) is 0. The van der Waals surface area contributed by atoms with Gasteiger partial charge in [-0.2, -0.15) is 5.26 Å². The molecule has 0 spiro atoms. The summed E-state index contributed by atoms with van der Waals surface area (Å²) in [4.78, 5) is 0. The van der Waals surface area contributed by atoms with Crippen molar-refractivity contribution in [2.24, 2.45) is 11.8 Å². The van der Waals surface area contributed by atoms with E-state index < -0.39 is 0 Å². The van der Waals surface area contributed by atoms with Gasteiger partial charge in [0, 0.05) is 16.7 Å². The number of nitrogens with one attached hydrogen (secondary N) is 1. The van der Waals surface area contributed by atoms with Crippen LogP contribution in [0.2, 0.25) is 0 Å². The number of nitriles is 1. The molecule has 2 unspecified atom stereocenters. The zero-order valence-corrected chi connectivity index (χ0v) is 13.0. The molecule has 19 heavy (non-hydrogen) atoms. The van der Waals surface area contributed by atoms with E-state index >= 15 is 0 Å². The van der Waals surface area contributed by atoms with E-state index in [9.17, 15) is 0 Å². The van der Waals surface area contributed by atoms with Crippen LogP contribution < -0.4 is 5.32 Å². The molecule has 2 rings (SSSR count). The number of halogens is 1. The molecule has 102 valence electrons. The first-order chi connectivity index (χ1) is 9.17. The van der Waals surface area contributed by atoms with Gasteiger partial charge in [0.25, 0.3) is 0 Å². The molecule has 1 saturated carbocycles. The van der Waals surface area contributed by atoms with Gasteiger partial charge in [0.1, 0.15) is 0 Å². The molecule has 1 aliphatic carbocycles. The van der Waals surface area contributed by atoms with Crippen molar-refractivity contribution in [2.45, 2.75) is 39.0 Å². The lowest BCUT2D eigenvalue weighted by molar-refractivity contribution is 0.274. The van der Waals surface area contributed by atoms with Crippen molar-refractivity contribution in [3.05, 3.63) is 28.2 Å². The smallest absolute Gasteiger partial charge is 0.0992 e. The van der Waals surface area contributed by atoms with Crippen LogP contribution in [-0.4, -0.2) is 6.54 Å². The molecular formula is C16H21BrN2. The standard InChI is InChI=1S/C16H21BrN2/c1-12-3-2-4-13(7-12)5-6-19-16-9-14(11-18)8-15(17)10-16/h8-10,12-13,19H,2-7H2,1H3. The summed E-state index contributed by atoms with van der Waals surface area (Å²) in [6, 6.07) is 7.97. The summed E-state index contributed by atoms with van der Waals surface area (Å²) in [5, 5.41) is 12.4. The van der Waals surface area contributed by atoms with Crippen molar-refractivity contribution in [1.82, 2.24) is 0 Å². The summed E-state index contributed by atoms with van der Waals surface area (Å²) in [6.07, 6.45) is 6.79. The minimum Gasteiger partial charge on any atom is -0.385 e. The van der Waals surface area contributed by atoms with E-state index in [-0.39, 0.29) is 0 Å². The molecule has 1 N–H and O–H groups in total. The van der Waals surface area contributed by atoms with Gasteiger partial charge >= 0.3 is 0 Å². The highest BCUT2D eigenvalue weighted by atomic mass is 79.9. The first-order valence-corrected chi connectivity index (χ1v) is 7.91. The third-order valence-corrected chi connectivity index (χ3v) is 4.41. The Morgan fingerprint density at radius 2 is 2.21 bits per heavy atom. The SMILES string of the molecule is CC1CCCC(CCNc2cc(Br)cc(C#N)c2)C1. The molecule has 1 aromatic carbocycles. The van der Waals surface area contributed by atoms with E-state index in [1.807, 2.05) is 18.2 Å². The maximum absolute atomic E-state index is 8.95. The van der Waals surface area contributed by atoms with Crippen molar-refractivity contribution >= 4 is 21.6 Å². The third kappa shape index (κ3) is 4.54. The van der Waals surface area contributed by atoms with Gasteiger partial charge in [-0.1, -0.05) is 42.1 Å². The number of hydrogen-bond acceptors (Lipinski definition) is 2. The van der Waals surface area contributed by atoms with Gasteiger partial charge in [-0.05, 0) is 42.9 Å². The van der Waals surface area contributed by atoms with Gasteiger partial charge in [0.05, 0.1) is 11.6 Å². The first-order valence-electron chi connectivity index (χ1n) is 7.12. The molecule has 0 aromatic heterocycles. The van der Waals surface area contributed by atoms with Crippen molar-refractivity contribution in [2.75, 3.05) is 11.9 Å². The fraction of sp³-hybridized carbons (Fsp3) is 0.562. The highest BCUT2D eigenvalue weighted by Gasteiger charge is 2.18. The van der Waals surface area contributed by atoms with Crippen LogP contribution in [0.1, 0.15) is 44.6 Å². The number of anilines is 1. The molecule has 0 saturated heterocycles. The first kappa shape index (κ1) is 14.4. The van der Waals surface area contributed by atoms with Crippen LogP contribution in [0.5, 0.6) is 0 Å². The van der Waals surface area contributed by atoms with Crippen LogP contribution in [0.25, 0.3) is 0 Å². The monoisotopic (exact) mass is 320 g/mol. The molecule has 1 aromatic rings. The van der Waals surface area contributed by atoms with Gasteiger partial charge in [-0.15, -0.1) is 0 Å². The van der Waals surface area contributed by atoms with Crippen LogP contribution in [-0.2, 0) is 0 Å². The average Bonchev–Trinajstić information content (AvgIpc) is 2.38. The van der Waals surface area contributed by atoms with Crippen molar-refractivity contribution in [3.63, 3.8) is 0 Å². The topological polar surface area (TPSA) is 35.8 Å². The number of hydrogen-bond donors (Lipinski definition) is 1. The molecular weight excluding hydrogens is 300 g/mol. The van der Waals surface area contributed by atoms with Crippen LogP contribution in [0.4, 0.5) is 5.69 Å². The Bertz CT molecular complexity index is 464. The normalized spacial score (nSPS) is 22.8. The molecule has 0 amide bonds. The molecule has 1 fully saturated rings. The van der Waals surface area contributed by atoms with Gasteiger partial charge in [0.2, 0.25) is 0 Å². The number of benzene rings is 1. The summed E-state index contributed by atoms with van der Waals surface area (Å²) in [5.41, 5.74) is 1.73. The Labute approximate surface area is 124 Å². The Kier molecular flexibility index (Phi) is 5.27. The minimum absolute atomic E-state index is 0.697. The quantitative estimate of drug-likeness (QED) is 0.852. The van der Waals surface area contributed by atoms with Crippen molar-refractivity contribution in [1.29, 1.82) is 5.26 Å². The van der Waals surface area contributed by atoms with Gasteiger partial charge in [0.15, 0.2) is 0 Å². The maximum Gasteiger partial charge on any atom is 0.0992 e. The summed E-state index contributed by atoms with van der Waals surface area (Å²) >= 11 is 3.44. The largest absolute Gasteiger partial charge is 0.385 e. The highest BCUT2D eigenvalue weighted by molar-refractivity contribution is 9.10. The fourth-order valence-corrected chi connectivity index (χ4v) is 3.49. The Hall–Kier alpha value is -1.01. The molecule has 1 aliphatic rings. The Morgan fingerprint density at radius 1 is 1.37 bits per heavy atom. The van der Waals surface area contributed by atoms with Crippen molar-refractivity contribution in [3.8, 4) is 6.07 Å². The molecule has 0 aliphatic heterocycles. The van der Waals surface area contributed by atoms with Crippen LogP contribution in [0.3, 0.4) is 0 Å². The second kappa shape index (κ2) is 6.96. The van der Waals surface area contributed by atoms with Gasteiger partial charge in [-0.25, -0.2) is 0 Å². The maximum atomic E-state index is 8.95. The Balaban J connectivity index is 1.82. The van der Waals surface area contributed by atoms with Crippen LogP contribution in [0.15, 0.2) is 22.7 Å². The van der Waals surface area contributed by atoms with E-state index in [4.69, 9.17) is 5.26 Å². The predicted molar refractivity (Wildman–Crippen MR) is 83.1 cm³/mol. The average molecular weight is 321 g/mol. The van der Waals surface area contributed by atoms with Gasteiger partial charge in [-0.3, -0.25) is 0 Å². The van der Waals surface area contributed by atoms with E-state index in [1.54, 1.807) is 0 Å². The second-order valence-electron chi connectivity index (χ2n) is 5.69. The summed E-state index contributed by atoms with van der Waals surface area (Å²) in [6.45, 7) is 3.37. The zero-order valence-electron chi connectivity index (χ0n) is 11.5. The summed E-state index contributed by atoms with van der Waals surface area (Å²) in [5.74, 6) is 1.77. The molecule has 2 nitrogen and oxygen atoms in total.